The molecule has 10 atom stereocenters. The van der Waals surface area contributed by atoms with Crippen LogP contribution in [-0.2, 0) is 28.5 Å². The van der Waals surface area contributed by atoms with Crippen LogP contribution in [0, 0.1) is 117 Å². The topological polar surface area (TPSA) is 149 Å². The first kappa shape index (κ1) is 41.7. The Bertz CT molecular complexity index is 1380. The monoisotopic (exact) mass is 1080 g/mol. The molecule has 3 N–H and O–H groups in total. The molecule has 1 saturated heterocycles. The minimum atomic E-state index is -2.03. The molecular formula is C35H48Ac2O10. The predicted molar refractivity (Wildman–Crippen MR) is 163 cm³/mol. The summed E-state index contributed by atoms with van der Waals surface area (Å²) in [6, 6.07) is 8.28. The molecule has 2 radical (unpaired) electrons. The maximum atomic E-state index is 14.8. The Morgan fingerprint density at radius 2 is 1.66 bits per heavy atom. The Labute approximate surface area is 349 Å². The number of carbonyl (C=O) groups excluding carboxylic acids is 3. The van der Waals surface area contributed by atoms with Gasteiger partial charge in [0.05, 0.1) is 35.7 Å². The quantitative estimate of drug-likeness (QED) is 0.275. The molecule has 3 aliphatic carbocycles. The number of ether oxygens (including phenoxy) is 4. The largest absolute Gasteiger partial charge is 0.458 e. The van der Waals surface area contributed by atoms with Crippen molar-refractivity contribution in [2.75, 3.05) is 13.2 Å². The predicted octanol–water partition coefficient (Wildman–Crippen LogP) is 3.40. The normalized spacial score (nSPS) is 37.8. The average molecular weight is 1080 g/mol. The molecular weight excluding hydrogens is 1030 g/mol. The van der Waals surface area contributed by atoms with Crippen LogP contribution in [0.25, 0.3) is 0 Å². The van der Waals surface area contributed by atoms with Gasteiger partial charge in [-0.2, -0.15) is 0 Å². The number of hydrogen-bond donors (Lipinski definition) is 3. The minimum absolute atomic E-state index is 0. The fourth-order valence-electron chi connectivity index (χ4n) is 8.32. The van der Waals surface area contributed by atoms with E-state index in [-0.39, 0.29) is 131 Å². The molecule has 1 aliphatic heterocycles. The molecule has 2 saturated carbocycles. The number of ketones is 1. The Morgan fingerprint density at radius 3 is 2.19 bits per heavy atom. The molecule has 0 aromatic heterocycles. The van der Waals surface area contributed by atoms with E-state index in [9.17, 15) is 29.7 Å². The Kier molecular flexibility index (Phi) is 13.4. The van der Waals surface area contributed by atoms with E-state index in [0.717, 1.165) is 0 Å². The van der Waals surface area contributed by atoms with Gasteiger partial charge in [0.1, 0.15) is 29.5 Å². The maximum Gasteiger partial charge on any atom is 0.338 e. The fourth-order valence-corrected chi connectivity index (χ4v) is 8.32. The summed E-state index contributed by atoms with van der Waals surface area (Å²) >= 11 is 0. The summed E-state index contributed by atoms with van der Waals surface area (Å²) in [5.74, 6) is -3.60. The van der Waals surface area contributed by atoms with Gasteiger partial charge in [0.25, 0.3) is 0 Å². The molecule has 5 rings (SSSR count). The van der Waals surface area contributed by atoms with E-state index in [1.54, 1.807) is 71.9 Å². The number of carbonyl (C=O) groups is 3. The molecule has 1 aromatic rings. The molecule has 12 heteroatoms. The van der Waals surface area contributed by atoms with Crippen molar-refractivity contribution >= 4 is 17.7 Å². The number of aliphatic hydroxyl groups is 3. The smallest absolute Gasteiger partial charge is 0.338 e. The van der Waals surface area contributed by atoms with Crippen LogP contribution in [0.2, 0.25) is 0 Å². The van der Waals surface area contributed by atoms with E-state index in [0.29, 0.717) is 5.57 Å². The summed E-state index contributed by atoms with van der Waals surface area (Å²) in [4.78, 5) is 41.9. The van der Waals surface area contributed by atoms with Gasteiger partial charge < -0.3 is 34.3 Å². The van der Waals surface area contributed by atoms with Crippen LogP contribution in [-0.4, -0.2) is 88.0 Å². The van der Waals surface area contributed by atoms with Gasteiger partial charge in [-0.05, 0) is 50.0 Å². The number of rotatable bonds is 7. The van der Waals surface area contributed by atoms with Crippen molar-refractivity contribution in [2.45, 2.75) is 110 Å². The third kappa shape index (κ3) is 6.59. The molecule has 1 heterocycles. The zero-order valence-electron chi connectivity index (χ0n) is 28.7. The van der Waals surface area contributed by atoms with E-state index in [1.807, 2.05) is 13.8 Å². The van der Waals surface area contributed by atoms with E-state index < -0.39 is 82.1 Å². The van der Waals surface area contributed by atoms with E-state index >= 15 is 0 Å². The van der Waals surface area contributed by atoms with Crippen LogP contribution in [0.5, 0.6) is 0 Å². The van der Waals surface area contributed by atoms with Gasteiger partial charge in [-0.25, -0.2) is 4.79 Å². The molecule has 2 bridgehead atoms. The molecule has 10 nitrogen and oxygen atoms in total. The third-order valence-electron chi connectivity index (χ3n) is 11.6. The summed E-state index contributed by atoms with van der Waals surface area (Å²) in [6.45, 7) is 14.1. The second-order valence-corrected chi connectivity index (χ2v) is 14.5. The van der Waals surface area contributed by atoms with Crippen LogP contribution in [0.15, 0.2) is 41.5 Å². The van der Waals surface area contributed by atoms with Crippen LogP contribution < -0.4 is 0 Å². The molecule has 7 unspecified atom stereocenters. The second-order valence-electron chi connectivity index (χ2n) is 14.5. The van der Waals surface area contributed by atoms with Crippen molar-refractivity contribution in [3.63, 3.8) is 0 Å². The summed E-state index contributed by atoms with van der Waals surface area (Å²) < 4.78 is 24.3. The van der Waals surface area contributed by atoms with E-state index in [2.05, 4.69) is 0 Å². The van der Waals surface area contributed by atoms with Crippen molar-refractivity contribution < 1.29 is 137 Å². The van der Waals surface area contributed by atoms with Gasteiger partial charge in [0.2, 0.25) is 0 Å². The number of esters is 2. The molecule has 1 aromatic carbocycles. The average Bonchev–Trinajstić information content (AvgIpc) is 2.98. The van der Waals surface area contributed by atoms with Gasteiger partial charge in [-0.15, -0.1) is 0 Å². The van der Waals surface area contributed by atoms with Crippen molar-refractivity contribution in [3.8, 4) is 0 Å². The number of aliphatic hydroxyl groups excluding tert-OH is 1. The van der Waals surface area contributed by atoms with Crippen molar-refractivity contribution in [1.29, 1.82) is 0 Å². The SMILES string of the molecule is CCOC1CC2OC[C@@]2(O)C2C(OC(=O)c3ccccc3)C3(O)CC(OC(=O)[C@H](C)C(C)C)C(C)=C(C(O)C(=O)[C@]12C)C3(C)C.[Ac].[Ac]. The minimum Gasteiger partial charge on any atom is -0.458 e. The van der Waals surface area contributed by atoms with Crippen LogP contribution in [0.4, 0.5) is 0 Å². The molecule has 47 heavy (non-hydrogen) atoms. The maximum absolute atomic E-state index is 14.8. The Morgan fingerprint density at radius 1 is 1.04 bits per heavy atom. The van der Waals surface area contributed by atoms with Gasteiger partial charge in [0.15, 0.2) is 5.78 Å². The van der Waals surface area contributed by atoms with Gasteiger partial charge in [0, 0.05) is 119 Å². The molecule has 3 fully saturated rings. The van der Waals surface area contributed by atoms with E-state index in [4.69, 9.17) is 18.9 Å². The number of benzene rings is 1. The first-order valence-electron chi connectivity index (χ1n) is 16.0. The van der Waals surface area contributed by atoms with Gasteiger partial charge in [-0.3, -0.25) is 9.59 Å². The van der Waals surface area contributed by atoms with Crippen LogP contribution in [0.3, 0.4) is 0 Å². The first-order valence-corrected chi connectivity index (χ1v) is 16.0. The van der Waals surface area contributed by atoms with Crippen LogP contribution >= 0.6 is 0 Å². The zero-order chi connectivity index (χ0) is 33.3. The summed E-state index contributed by atoms with van der Waals surface area (Å²) in [5, 5.41) is 37.5. The van der Waals surface area contributed by atoms with Crippen LogP contribution in [0.1, 0.15) is 78.6 Å². The Balaban J connectivity index is 0.00000300. The third-order valence-corrected chi connectivity index (χ3v) is 11.6. The molecule has 0 amide bonds. The zero-order valence-corrected chi connectivity index (χ0v) is 38.2. The van der Waals surface area contributed by atoms with Gasteiger partial charge in [-0.1, -0.05) is 52.8 Å². The first-order chi connectivity index (χ1) is 21.0. The Hall–Kier alpha value is 0.253. The number of fused-ring (bicyclic) bond motifs is 5. The van der Waals surface area contributed by atoms with Crippen molar-refractivity contribution in [1.82, 2.24) is 0 Å². The molecule has 0 spiro atoms. The van der Waals surface area contributed by atoms with E-state index in [1.165, 1.54) is 0 Å². The van der Waals surface area contributed by atoms with Crippen molar-refractivity contribution in [3.05, 3.63) is 47.0 Å². The fraction of sp³-hybridized carbons (Fsp3) is 0.686. The van der Waals surface area contributed by atoms with Crippen molar-refractivity contribution in [2.24, 2.45) is 28.6 Å². The second kappa shape index (κ2) is 15.1. The summed E-state index contributed by atoms with van der Waals surface area (Å²) in [5.41, 5.74) is -5.85. The number of hydrogen-bond acceptors (Lipinski definition) is 10. The standard InChI is InChI=1S/C35H48O10.2Ac/c1-9-42-23-15-24-34(40,17-43-24)27-29(45-31(39)21-13-11-10-12-14-21)35(41)16-22(44-30(38)19(4)18(2)3)20(5)25(32(35,6)7)26(36)28(37)33(23,27)8;;/h10-14,18-19,22-24,26-27,29,36,40-41H,9,15-17H2,1-8H3;;/t19-,22?,23?,24?,26?,27?,29?,33-,34+,35?;;/m1../s1. The molecule has 4 aliphatic rings. The summed E-state index contributed by atoms with van der Waals surface area (Å²) in [6.07, 6.45) is -5.89. The number of Topliss-reactive ketones (excluding diaryl/α,β-unsaturated/α-hetero) is 1. The summed E-state index contributed by atoms with van der Waals surface area (Å²) in [7, 11) is 0. The van der Waals surface area contributed by atoms with Gasteiger partial charge >= 0.3 is 11.9 Å². The molecule has 254 valence electrons.